The lowest BCUT2D eigenvalue weighted by atomic mass is 10.1. The van der Waals surface area contributed by atoms with Crippen LogP contribution >= 0.6 is 0 Å². The molecule has 0 saturated carbocycles. The zero-order valence-electron chi connectivity index (χ0n) is 7.16. The molecule has 0 spiro atoms. The average molecular weight is 172 g/mol. The van der Waals surface area contributed by atoms with E-state index in [1.807, 2.05) is 42.6 Å². The lowest BCUT2D eigenvalue weighted by molar-refractivity contribution is 0.473. The number of aromatic nitrogens is 1. The van der Waals surface area contributed by atoms with Gasteiger partial charge in [-0.2, -0.15) is 0 Å². The molecular weight excluding hydrogens is 162 g/mol. The zero-order valence-corrected chi connectivity index (χ0v) is 7.16. The van der Waals surface area contributed by atoms with Gasteiger partial charge in [-0.05, 0) is 42.0 Å². The summed E-state index contributed by atoms with van der Waals surface area (Å²) >= 11 is 0. The summed E-state index contributed by atoms with van der Waals surface area (Å²) in [6.45, 7) is 0. The molecule has 1 heterocycles. The van der Waals surface area contributed by atoms with Gasteiger partial charge in [0.15, 0.2) is 0 Å². The minimum Gasteiger partial charge on any atom is -0.490 e. The fraction of sp³-hybridized carbons (Fsp3) is 0. The second-order valence-corrected chi connectivity index (χ2v) is 2.75. The maximum Gasteiger partial charge on any atom is 0.122 e. The van der Waals surface area contributed by atoms with Crippen LogP contribution in [-0.4, -0.2) is 4.98 Å². The third kappa shape index (κ3) is 1.56. The molecule has 0 aliphatic rings. The minimum absolute atomic E-state index is 0.773. The van der Waals surface area contributed by atoms with Gasteiger partial charge in [0.25, 0.3) is 0 Å². The van der Waals surface area contributed by atoms with E-state index < -0.39 is 0 Å². The predicted molar refractivity (Wildman–Crippen MR) is 52.2 cm³/mol. The molecule has 0 unspecified atom stereocenters. The van der Waals surface area contributed by atoms with Crippen molar-refractivity contribution >= 4 is 0 Å². The second-order valence-electron chi connectivity index (χ2n) is 2.75. The van der Waals surface area contributed by atoms with Crippen molar-refractivity contribution in [1.29, 1.82) is 0 Å². The Labute approximate surface area is 77.2 Å². The van der Waals surface area contributed by atoms with Gasteiger partial charge >= 0.3 is 0 Å². The number of hydrogen-bond acceptors (Lipinski definition) is 1. The van der Waals surface area contributed by atoms with E-state index in [9.17, 15) is 0 Å². The van der Waals surface area contributed by atoms with Gasteiger partial charge in [-0.1, -0.05) is 0 Å². The first-order chi connectivity index (χ1) is 6.40. The lowest BCUT2D eigenvalue weighted by Gasteiger charge is -2.00. The molecule has 0 fully saturated rings. The summed E-state index contributed by atoms with van der Waals surface area (Å²) in [6, 6.07) is 11.8. The highest BCUT2D eigenvalue weighted by atomic mass is 16.5. The van der Waals surface area contributed by atoms with Crippen LogP contribution in [0.15, 0.2) is 42.6 Å². The van der Waals surface area contributed by atoms with E-state index in [0.717, 1.165) is 17.0 Å². The summed E-state index contributed by atoms with van der Waals surface area (Å²) in [6.07, 6.45) is 1.90. The number of nitrogens with one attached hydrogen (secondary N) is 1. The molecule has 0 amide bonds. The molecule has 1 aromatic carbocycles. The van der Waals surface area contributed by atoms with Crippen molar-refractivity contribution in [3.63, 3.8) is 0 Å². The third-order valence-corrected chi connectivity index (χ3v) is 1.93. The van der Waals surface area contributed by atoms with Crippen molar-refractivity contribution in [3.8, 4) is 17.0 Å². The molecular formula is C11H10NO. The maximum atomic E-state index is 4.83. The first kappa shape index (κ1) is 7.92. The van der Waals surface area contributed by atoms with Gasteiger partial charge in [0.05, 0.1) is 0 Å². The van der Waals surface area contributed by atoms with E-state index in [1.165, 1.54) is 0 Å². The fourth-order valence-corrected chi connectivity index (χ4v) is 1.24. The van der Waals surface area contributed by atoms with Gasteiger partial charge < -0.3 is 9.72 Å². The molecule has 1 radical (unpaired) electrons. The van der Waals surface area contributed by atoms with Crippen LogP contribution in [0.25, 0.3) is 11.3 Å². The van der Waals surface area contributed by atoms with Crippen molar-refractivity contribution in [1.82, 2.24) is 4.98 Å². The van der Waals surface area contributed by atoms with Crippen LogP contribution in [0.1, 0.15) is 0 Å². The van der Waals surface area contributed by atoms with Gasteiger partial charge in [0.1, 0.15) is 12.9 Å². The number of hydrogen-bond donors (Lipinski definition) is 1. The Hall–Kier alpha value is -1.70. The van der Waals surface area contributed by atoms with Crippen LogP contribution in [0.3, 0.4) is 0 Å². The number of aromatic amines is 1. The Morgan fingerprint density at radius 1 is 1.08 bits per heavy atom. The van der Waals surface area contributed by atoms with E-state index in [2.05, 4.69) is 12.1 Å². The maximum absolute atomic E-state index is 4.83. The van der Waals surface area contributed by atoms with Crippen molar-refractivity contribution in [2.24, 2.45) is 0 Å². The topological polar surface area (TPSA) is 25.0 Å². The Morgan fingerprint density at radius 3 is 2.38 bits per heavy atom. The highest BCUT2D eigenvalue weighted by Gasteiger charge is 1.96. The van der Waals surface area contributed by atoms with Gasteiger partial charge in [-0.3, -0.25) is 0 Å². The Balaban J connectivity index is 2.33. The standard InChI is InChI=1S/C11H10NO/c1-13-10-6-4-9(5-7-10)11-3-2-8-12-11/h2-8,12H,1H2. The zero-order chi connectivity index (χ0) is 9.10. The van der Waals surface area contributed by atoms with Gasteiger partial charge in [-0.25, -0.2) is 0 Å². The van der Waals surface area contributed by atoms with Crippen LogP contribution in [0.5, 0.6) is 5.75 Å². The van der Waals surface area contributed by atoms with Crippen molar-refractivity contribution in [2.45, 2.75) is 0 Å². The summed E-state index contributed by atoms with van der Waals surface area (Å²) in [5, 5.41) is 0. The third-order valence-electron chi connectivity index (χ3n) is 1.93. The Morgan fingerprint density at radius 2 is 1.85 bits per heavy atom. The number of rotatable bonds is 2. The van der Waals surface area contributed by atoms with E-state index >= 15 is 0 Å². The van der Waals surface area contributed by atoms with E-state index in [1.54, 1.807) is 0 Å². The highest BCUT2D eigenvalue weighted by molar-refractivity contribution is 5.60. The quantitative estimate of drug-likeness (QED) is 0.740. The minimum atomic E-state index is 0.773. The molecule has 13 heavy (non-hydrogen) atoms. The normalized spacial score (nSPS) is 9.92. The van der Waals surface area contributed by atoms with Crippen LogP contribution in [0, 0.1) is 7.11 Å². The number of benzene rings is 1. The summed E-state index contributed by atoms with van der Waals surface area (Å²) in [4.78, 5) is 3.13. The highest BCUT2D eigenvalue weighted by Crippen LogP contribution is 2.20. The Kier molecular flexibility index (Phi) is 2.04. The van der Waals surface area contributed by atoms with Gasteiger partial charge in [-0.15, -0.1) is 0 Å². The summed E-state index contributed by atoms with van der Waals surface area (Å²) in [7, 11) is 3.34. The Bertz CT molecular complexity index is 361. The van der Waals surface area contributed by atoms with E-state index in [-0.39, 0.29) is 0 Å². The van der Waals surface area contributed by atoms with E-state index in [0.29, 0.717) is 0 Å². The number of H-pyrrole nitrogens is 1. The largest absolute Gasteiger partial charge is 0.490 e. The molecule has 2 aromatic rings. The van der Waals surface area contributed by atoms with Gasteiger partial charge in [0, 0.05) is 11.9 Å². The average Bonchev–Trinajstić information content (AvgIpc) is 2.71. The molecule has 2 nitrogen and oxygen atoms in total. The van der Waals surface area contributed by atoms with Crippen LogP contribution in [0.2, 0.25) is 0 Å². The van der Waals surface area contributed by atoms with Crippen molar-refractivity contribution in [3.05, 3.63) is 49.7 Å². The second kappa shape index (κ2) is 3.35. The monoisotopic (exact) mass is 172 g/mol. The lowest BCUT2D eigenvalue weighted by Crippen LogP contribution is -1.80. The van der Waals surface area contributed by atoms with Crippen LogP contribution < -0.4 is 4.74 Å². The SMILES string of the molecule is [CH2]Oc1ccc(-c2ccc[nH]2)cc1. The number of ether oxygens (including phenoxy) is 1. The molecule has 0 bridgehead atoms. The summed E-state index contributed by atoms with van der Waals surface area (Å²) in [5.41, 5.74) is 2.25. The van der Waals surface area contributed by atoms with Crippen LogP contribution in [-0.2, 0) is 0 Å². The molecule has 0 atom stereocenters. The molecule has 0 aliphatic carbocycles. The van der Waals surface area contributed by atoms with Gasteiger partial charge in [0.2, 0.25) is 0 Å². The molecule has 2 heteroatoms. The van der Waals surface area contributed by atoms with Crippen molar-refractivity contribution in [2.75, 3.05) is 0 Å². The van der Waals surface area contributed by atoms with Crippen molar-refractivity contribution < 1.29 is 4.74 Å². The molecule has 65 valence electrons. The smallest absolute Gasteiger partial charge is 0.122 e. The molecule has 1 N–H and O–H groups in total. The summed E-state index contributed by atoms with van der Waals surface area (Å²) in [5.74, 6) is 0.773. The summed E-state index contributed by atoms with van der Waals surface area (Å²) < 4.78 is 4.83. The molecule has 0 aliphatic heterocycles. The molecule has 1 aromatic heterocycles. The molecule has 2 rings (SSSR count). The van der Waals surface area contributed by atoms with Crippen LogP contribution in [0.4, 0.5) is 0 Å². The molecule has 0 saturated heterocycles. The first-order valence-electron chi connectivity index (χ1n) is 4.06. The predicted octanol–water partition coefficient (Wildman–Crippen LogP) is 2.85. The van der Waals surface area contributed by atoms with E-state index in [4.69, 9.17) is 4.74 Å². The fourth-order valence-electron chi connectivity index (χ4n) is 1.24. The first-order valence-corrected chi connectivity index (χ1v) is 4.06.